The Kier molecular flexibility index (Phi) is 19.1. The summed E-state index contributed by atoms with van der Waals surface area (Å²) in [7, 11) is 1.74. The van der Waals surface area contributed by atoms with E-state index < -0.39 is 0 Å². The lowest BCUT2D eigenvalue weighted by atomic mass is 10.0. The first-order valence-electron chi connectivity index (χ1n) is 11.0. The minimum absolute atomic E-state index is 0.400. The highest BCUT2D eigenvalue weighted by atomic mass is 32.2. The van der Waals surface area contributed by atoms with E-state index in [1.54, 1.807) is 7.11 Å². The molecule has 1 unspecified atom stereocenters. The van der Waals surface area contributed by atoms with Gasteiger partial charge in [0.2, 0.25) is 0 Å². The molecule has 0 saturated carbocycles. The van der Waals surface area contributed by atoms with Gasteiger partial charge >= 0.3 is 0 Å². The number of aryl methyl sites for hydroxylation is 1. The van der Waals surface area contributed by atoms with Gasteiger partial charge in [-0.05, 0) is 60.7 Å². The molecular formula is C26H42O2S. The SMILES string of the molecule is C=CCC(/C=C/CCc1cccc(COC)c1)CC.CCSCCCC(=O)CC. The standard InChI is InChI=1S/C18H26O.C8H16OS/c1-4-9-16(5-2)10-6-7-11-17-12-8-13-18(14-17)15-19-3;1-3-8(9)6-5-7-10-4-2/h4,6,8,10,12-14,16H,1,5,7,9,11,15H2,2-3H3;3-7H2,1-2H3/b10-6+;. The zero-order chi connectivity index (χ0) is 21.7. The zero-order valence-electron chi connectivity index (χ0n) is 19.1. The van der Waals surface area contributed by atoms with E-state index in [-0.39, 0.29) is 0 Å². The van der Waals surface area contributed by atoms with Crippen LogP contribution in [0.15, 0.2) is 49.1 Å². The number of carbonyl (C=O) groups is 1. The van der Waals surface area contributed by atoms with Crippen LogP contribution in [0, 0.1) is 5.92 Å². The quantitative estimate of drug-likeness (QED) is 0.219. The summed E-state index contributed by atoms with van der Waals surface area (Å²) < 4.78 is 5.16. The Bertz CT molecular complexity index is 566. The molecule has 164 valence electrons. The smallest absolute Gasteiger partial charge is 0.132 e. The second-order valence-electron chi connectivity index (χ2n) is 7.11. The first-order chi connectivity index (χ1) is 14.1. The number of rotatable bonds is 15. The van der Waals surface area contributed by atoms with Crippen LogP contribution in [0.4, 0.5) is 0 Å². The Balaban J connectivity index is 0.000000665. The summed E-state index contributed by atoms with van der Waals surface area (Å²) in [5.41, 5.74) is 2.64. The summed E-state index contributed by atoms with van der Waals surface area (Å²) in [6.45, 7) is 10.8. The Morgan fingerprint density at radius 1 is 1.24 bits per heavy atom. The maximum atomic E-state index is 10.8. The van der Waals surface area contributed by atoms with Gasteiger partial charge in [0.25, 0.3) is 0 Å². The Morgan fingerprint density at radius 2 is 2.00 bits per heavy atom. The van der Waals surface area contributed by atoms with Crippen molar-refractivity contribution in [2.24, 2.45) is 5.92 Å². The van der Waals surface area contributed by atoms with Crippen LogP contribution in [0.3, 0.4) is 0 Å². The molecule has 0 amide bonds. The molecule has 1 aromatic rings. The molecule has 0 N–H and O–H groups in total. The molecule has 0 fully saturated rings. The van der Waals surface area contributed by atoms with Crippen molar-refractivity contribution >= 4 is 17.5 Å². The number of methoxy groups -OCH3 is 1. The van der Waals surface area contributed by atoms with E-state index in [2.05, 4.69) is 56.8 Å². The number of thioether (sulfide) groups is 1. The molecule has 2 nitrogen and oxygen atoms in total. The number of ketones is 1. The fourth-order valence-corrected chi connectivity index (χ4v) is 3.51. The molecule has 3 heteroatoms. The normalized spacial score (nSPS) is 11.7. The van der Waals surface area contributed by atoms with Crippen molar-refractivity contribution in [3.8, 4) is 0 Å². The van der Waals surface area contributed by atoms with E-state index in [0.717, 1.165) is 37.9 Å². The van der Waals surface area contributed by atoms with Crippen molar-refractivity contribution in [1.82, 2.24) is 0 Å². The predicted octanol–water partition coefficient (Wildman–Crippen LogP) is 7.42. The monoisotopic (exact) mass is 418 g/mol. The van der Waals surface area contributed by atoms with Gasteiger partial charge in [-0.15, -0.1) is 6.58 Å². The summed E-state index contributed by atoms with van der Waals surface area (Å²) in [5, 5.41) is 0. The summed E-state index contributed by atoms with van der Waals surface area (Å²) in [6.07, 6.45) is 13.7. The fraction of sp³-hybridized carbons (Fsp3) is 0.577. The van der Waals surface area contributed by atoms with Crippen LogP contribution in [-0.2, 0) is 22.6 Å². The molecule has 0 spiro atoms. The van der Waals surface area contributed by atoms with Crippen LogP contribution in [0.1, 0.15) is 70.4 Å². The van der Waals surface area contributed by atoms with Gasteiger partial charge in [-0.3, -0.25) is 4.79 Å². The van der Waals surface area contributed by atoms with Crippen molar-refractivity contribution in [1.29, 1.82) is 0 Å². The van der Waals surface area contributed by atoms with Gasteiger partial charge in [-0.2, -0.15) is 11.8 Å². The van der Waals surface area contributed by atoms with Gasteiger partial charge in [0, 0.05) is 20.0 Å². The minimum Gasteiger partial charge on any atom is -0.380 e. The summed E-state index contributed by atoms with van der Waals surface area (Å²) in [4.78, 5) is 10.8. The summed E-state index contributed by atoms with van der Waals surface area (Å²) >= 11 is 1.91. The third kappa shape index (κ3) is 16.2. The number of allylic oxidation sites excluding steroid dienone is 3. The van der Waals surface area contributed by atoms with Crippen LogP contribution >= 0.6 is 11.8 Å². The molecule has 0 radical (unpaired) electrons. The van der Waals surface area contributed by atoms with Crippen molar-refractivity contribution in [2.45, 2.75) is 72.3 Å². The summed E-state index contributed by atoms with van der Waals surface area (Å²) in [5.74, 6) is 3.36. The lowest BCUT2D eigenvalue weighted by molar-refractivity contribution is -0.118. The number of hydrogen-bond donors (Lipinski definition) is 0. The third-order valence-electron chi connectivity index (χ3n) is 4.65. The Hall–Kier alpha value is -1.32. The number of carbonyl (C=O) groups excluding carboxylic acids is 1. The van der Waals surface area contributed by atoms with E-state index in [1.807, 2.05) is 24.8 Å². The van der Waals surface area contributed by atoms with Gasteiger partial charge < -0.3 is 4.74 Å². The molecule has 0 aromatic heterocycles. The van der Waals surface area contributed by atoms with Crippen LogP contribution in [0.5, 0.6) is 0 Å². The third-order valence-corrected chi connectivity index (χ3v) is 5.63. The van der Waals surface area contributed by atoms with Crippen LogP contribution < -0.4 is 0 Å². The molecule has 1 rings (SSSR count). The van der Waals surface area contributed by atoms with Crippen LogP contribution in [-0.4, -0.2) is 24.4 Å². The van der Waals surface area contributed by atoms with E-state index in [4.69, 9.17) is 4.74 Å². The summed E-state index contributed by atoms with van der Waals surface area (Å²) in [6, 6.07) is 8.65. The van der Waals surface area contributed by atoms with Gasteiger partial charge in [-0.25, -0.2) is 0 Å². The van der Waals surface area contributed by atoms with Crippen molar-refractivity contribution < 1.29 is 9.53 Å². The zero-order valence-corrected chi connectivity index (χ0v) is 19.9. The lowest BCUT2D eigenvalue weighted by Gasteiger charge is -2.06. The molecule has 1 atom stereocenters. The maximum Gasteiger partial charge on any atom is 0.132 e. The van der Waals surface area contributed by atoms with E-state index in [0.29, 0.717) is 24.7 Å². The highest BCUT2D eigenvalue weighted by Gasteiger charge is 1.99. The number of ether oxygens (including phenoxy) is 1. The fourth-order valence-electron chi connectivity index (χ4n) is 2.87. The van der Waals surface area contributed by atoms with Crippen molar-refractivity contribution in [3.05, 3.63) is 60.2 Å². The molecule has 0 saturated heterocycles. The van der Waals surface area contributed by atoms with Crippen LogP contribution in [0.2, 0.25) is 0 Å². The predicted molar refractivity (Wildman–Crippen MR) is 131 cm³/mol. The van der Waals surface area contributed by atoms with Crippen LogP contribution in [0.25, 0.3) is 0 Å². The highest BCUT2D eigenvalue weighted by Crippen LogP contribution is 2.13. The van der Waals surface area contributed by atoms with Crippen molar-refractivity contribution in [2.75, 3.05) is 18.6 Å². The maximum absolute atomic E-state index is 10.8. The molecule has 0 bridgehead atoms. The average Bonchev–Trinajstić information content (AvgIpc) is 2.74. The van der Waals surface area contributed by atoms with Gasteiger partial charge in [0.15, 0.2) is 0 Å². The first-order valence-corrected chi connectivity index (χ1v) is 12.2. The minimum atomic E-state index is 0.400. The molecule has 0 aliphatic carbocycles. The molecule has 29 heavy (non-hydrogen) atoms. The van der Waals surface area contributed by atoms with Gasteiger partial charge in [0.1, 0.15) is 5.78 Å². The topological polar surface area (TPSA) is 26.3 Å². The molecule has 1 aromatic carbocycles. The van der Waals surface area contributed by atoms with E-state index >= 15 is 0 Å². The Labute approximate surface area is 184 Å². The highest BCUT2D eigenvalue weighted by molar-refractivity contribution is 7.99. The Morgan fingerprint density at radius 3 is 2.62 bits per heavy atom. The van der Waals surface area contributed by atoms with Crippen molar-refractivity contribution in [3.63, 3.8) is 0 Å². The molecule has 0 aliphatic rings. The molecule has 0 heterocycles. The van der Waals surface area contributed by atoms with Gasteiger partial charge in [-0.1, -0.05) is 63.3 Å². The average molecular weight is 419 g/mol. The second-order valence-corrected chi connectivity index (χ2v) is 8.50. The number of Topliss-reactive ketones (excluding diaryl/α,β-unsaturated/α-hetero) is 1. The lowest BCUT2D eigenvalue weighted by Crippen LogP contribution is -1.95. The largest absolute Gasteiger partial charge is 0.380 e. The first kappa shape index (κ1) is 27.7. The van der Waals surface area contributed by atoms with E-state index in [1.165, 1.54) is 23.3 Å². The molecule has 0 aliphatic heterocycles. The second kappa shape index (κ2) is 20.0. The number of benzene rings is 1. The molecular weight excluding hydrogens is 376 g/mol. The number of hydrogen-bond acceptors (Lipinski definition) is 3. The van der Waals surface area contributed by atoms with E-state index in [9.17, 15) is 4.79 Å². The van der Waals surface area contributed by atoms with Gasteiger partial charge in [0.05, 0.1) is 6.61 Å².